The lowest BCUT2D eigenvalue weighted by Gasteiger charge is -2.30. The number of anilines is 2. The molecule has 1 aliphatic rings. The minimum absolute atomic E-state index is 0.0589. The molecule has 3 rings (SSSR count). The summed E-state index contributed by atoms with van der Waals surface area (Å²) in [4.78, 5) is 30.2. The highest BCUT2D eigenvalue weighted by Gasteiger charge is 2.24. The predicted molar refractivity (Wildman–Crippen MR) is 93.0 cm³/mol. The molecule has 0 saturated heterocycles. The summed E-state index contributed by atoms with van der Waals surface area (Å²) in [6.45, 7) is 2.31. The molecule has 3 N–H and O–H groups in total. The minimum atomic E-state index is -0.565. The molecule has 0 saturated carbocycles. The van der Waals surface area contributed by atoms with Crippen molar-refractivity contribution in [2.45, 2.75) is 25.8 Å². The van der Waals surface area contributed by atoms with Crippen LogP contribution in [0.3, 0.4) is 0 Å². The summed E-state index contributed by atoms with van der Waals surface area (Å²) < 4.78 is 0. The summed E-state index contributed by atoms with van der Waals surface area (Å²) in [5.41, 5.74) is 8.77. The van der Waals surface area contributed by atoms with E-state index in [9.17, 15) is 9.59 Å². The number of hydrogen-bond acceptors (Lipinski definition) is 4. The van der Waals surface area contributed by atoms with Gasteiger partial charge >= 0.3 is 0 Å². The lowest BCUT2D eigenvalue weighted by Crippen LogP contribution is -2.36. The van der Waals surface area contributed by atoms with E-state index in [0.717, 1.165) is 24.1 Å². The van der Waals surface area contributed by atoms with Crippen molar-refractivity contribution in [3.05, 3.63) is 53.9 Å². The molecule has 2 aromatic rings. The second-order valence-electron chi connectivity index (χ2n) is 5.92. The van der Waals surface area contributed by atoms with Gasteiger partial charge in [-0.25, -0.2) is 0 Å². The Kier molecular flexibility index (Phi) is 4.57. The largest absolute Gasteiger partial charge is 0.325 e. The standard InChI is InChI=1S/C18H20N4O2/c1-12(19)17(23)21-15-6-7-16-13(10-15)5-3-9-22(16)18(24)14-4-2-8-20-11-14/h2,4,6-8,10-12H,3,5,9,19H2,1H3,(H,21,23)/t12-/m0/s1. The average Bonchev–Trinajstić information content (AvgIpc) is 2.61. The zero-order valence-electron chi connectivity index (χ0n) is 13.5. The maximum atomic E-state index is 12.7. The quantitative estimate of drug-likeness (QED) is 0.903. The van der Waals surface area contributed by atoms with E-state index in [4.69, 9.17) is 5.73 Å². The molecule has 0 aliphatic carbocycles. The van der Waals surface area contributed by atoms with Crippen molar-refractivity contribution in [3.8, 4) is 0 Å². The van der Waals surface area contributed by atoms with Gasteiger partial charge in [0.05, 0.1) is 11.6 Å². The zero-order chi connectivity index (χ0) is 17.1. The van der Waals surface area contributed by atoms with E-state index in [1.54, 1.807) is 42.4 Å². The third kappa shape index (κ3) is 3.28. The van der Waals surface area contributed by atoms with Crippen molar-refractivity contribution in [2.24, 2.45) is 5.73 Å². The molecule has 0 spiro atoms. The van der Waals surface area contributed by atoms with Crippen molar-refractivity contribution in [1.82, 2.24) is 4.98 Å². The van der Waals surface area contributed by atoms with Crippen LogP contribution in [-0.2, 0) is 11.2 Å². The number of benzene rings is 1. The highest BCUT2D eigenvalue weighted by Crippen LogP contribution is 2.30. The molecule has 0 bridgehead atoms. The lowest BCUT2D eigenvalue weighted by molar-refractivity contribution is -0.117. The zero-order valence-corrected chi connectivity index (χ0v) is 13.5. The normalized spacial score (nSPS) is 14.7. The van der Waals surface area contributed by atoms with Crippen molar-refractivity contribution in [3.63, 3.8) is 0 Å². The van der Waals surface area contributed by atoms with Crippen molar-refractivity contribution in [2.75, 3.05) is 16.8 Å². The summed E-state index contributed by atoms with van der Waals surface area (Å²) in [7, 11) is 0. The Bertz CT molecular complexity index is 759. The molecule has 124 valence electrons. The fourth-order valence-corrected chi connectivity index (χ4v) is 2.79. The fourth-order valence-electron chi connectivity index (χ4n) is 2.79. The van der Waals surface area contributed by atoms with Gasteiger partial charge in [0.1, 0.15) is 0 Å². The molecule has 6 heteroatoms. The number of fused-ring (bicyclic) bond motifs is 1. The van der Waals surface area contributed by atoms with Gasteiger partial charge in [-0.15, -0.1) is 0 Å². The van der Waals surface area contributed by atoms with E-state index in [2.05, 4.69) is 10.3 Å². The monoisotopic (exact) mass is 324 g/mol. The molecule has 0 fully saturated rings. The van der Waals surface area contributed by atoms with Crippen LogP contribution in [0.1, 0.15) is 29.3 Å². The summed E-state index contributed by atoms with van der Waals surface area (Å²) in [6.07, 6.45) is 4.97. The van der Waals surface area contributed by atoms with Crippen molar-refractivity contribution >= 4 is 23.2 Å². The third-order valence-corrected chi connectivity index (χ3v) is 4.03. The number of nitrogens with one attached hydrogen (secondary N) is 1. The molecule has 1 atom stereocenters. The molecule has 24 heavy (non-hydrogen) atoms. The van der Waals surface area contributed by atoms with Gasteiger partial charge in [0, 0.05) is 30.3 Å². The summed E-state index contributed by atoms with van der Waals surface area (Å²) in [5, 5.41) is 2.79. The number of aryl methyl sites for hydroxylation is 1. The first-order valence-corrected chi connectivity index (χ1v) is 7.97. The van der Waals surface area contributed by atoms with Gasteiger partial charge in [0.2, 0.25) is 5.91 Å². The number of pyridine rings is 1. The maximum Gasteiger partial charge on any atom is 0.259 e. The fraction of sp³-hybridized carbons (Fsp3) is 0.278. The third-order valence-electron chi connectivity index (χ3n) is 4.03. The van der Waals surface area contributed by atoms with Gasteiger partial charge in [-0.2, -0.15) is 0 Å². The molecular weight excluding hydrogens is 304 g/mol. The van der Waals surface area contributed by atoms with Crippen LogP contribution in [-0.4, -0.2) is 29.4 Å². The Morgan fingerprint density at radius 1 is 1.33 bits per heavy atom. The van der Waals surface area contributed by atoms with E-state index in [1.807, 2.05) is 12.1 Å². The SMILES string of the molecule is C[C@H](N)C(=O)Nc1ccc2c(c1)CCCN2C(=O)c1cccnc1. The maximum absolute atomic E-state index is 12.7. The van der Waals surface area contributed by atoms with Gasteiger partial charge in [-0.05, 0) is 55.7 Å². The van der Waals surface area contributed by atoms with Crippen LogP contribution in [0.2, 0.25) is 0 Å². The number of nitrogens with two attached hydrogens (primary N) is 1. The van der Waals surface area contributed by atoms with Crippen LogP contribution in [0.15, 0.2) is 42.7 Å². The summed E-state index contributed by atoms with van der Waals surface area (Å²) in [5.74, 6) is -0.287. The van der Waals surface area contributed by atoms with Gasteiger partial charge in [-0.1, -0.05) is 0 Å². The number of hydrogen-bond donors (Lipinski definition) is 2. The van der Waals surface area contributed by atoms with Gasteiger partial charge < -0.3 is 16.0 Å². The first-order chi connectivity index (χ1) is 11.6. The van der Waals surface area contributed by atoms with E-state index < -0.39 is 6.04 Å². The predicted octanol–water partition coefficient (Wildman–Crippen LogP) is 1.96. The smallest absolute Gasteiger partial charge is 0.259 e. The highest BCUT2D eigenvalue weighted by molar-refractivity contribution is 6.06. The Morgan fingerprint density at radius 2 is 2.17 bits per heavy atom. The number of nitrogens with zero attached hydrogens (tertiary/aromatic N) is 2. The lowest BCUT2D eigenvalue weighted by atomic mass is 10.00. The Labute approximate surface area is 140 Å². The first-order valence-electron chi connectivity index (χ1n) is 7.97. The molecule has 2 amide bonds. The van der Waals surface area contributed by atoms with Gasteiger partial charge in [0.25, 0.3) is 5.91 Å². The Hall–Kier alpha value is -2.73. The topological polar surface area (TPSA) is 88.3 Å². The number of amides is 2. The highest BCUT2D eigenvalue weighted by atomic mass is 16.2. The number of carbonyl (C=O) groups is 2. The molecule has 0 radical (unpaired) electrons. The van der Waals surface area contributed by atoms with E-state index in [0.29, 0.717) is 17.8 Å². The molecule has 1 aromatic heterocycles. The first kappa shape index (κ1) is 16.1. The van der Waals surface area contributed by atoms with Crippen molar-refractivity contribution < 1.29 is 9.59 Å². The van der Waals surface area contributed by atoms with Crippen LogP contribution in [0.4, 0.5) is 11.4 Å². The van der Waals surface area contributed by atoms with Crippen LogP contribution >= 0.6 is 0 Å². The molecular formula is C18H20N4O2. The van der Waals surface area contributed by atoms with E-state index >= 15 is 0 Å². The molecule has 0 unspecified atom stereocenters. The average molecular weight is 324 g/mol. The molecule has 6 nitrogen and oxygen atoms in total. The van der Waals surface area contributed by atoms with E-state index in [-0.39, 0.29) is 11.8 Å². The van der Waals surface area contributed by atoms with Crippen LogP contribution < -0.4 is 16.0 Å². The van der Waals surface area contributed by atoms with Crippen molar-refractivity contribution in [1.29, 1.82) is 0 Å². The van der Waals surface area contributed by atoms with E-state index in [1.165, 1.54) is 0 Å². The summed E-state index contributed by atoms with van der Waals surface area (Å²) >= 11 is 0. The van der Waals surface area contributed by atoms with Crippen LogP contribution in [0.25, 0.3) is 0 Å². The number of carbonyl (C=O) groups excluding carboxylic acids is 2. The minimum Gasteiger partial charge on any atom is -0.325 e. The number of aromatic nitrogens is 1. The van der Waals surface area contributed by atoms with Gasteiger partial charge in [-0.3, -0.25) is 14.6 Å². The molecule has 1 aliphatic heterocycles. The van der Waals surface area contributed by atoms with Gasteiger partial charge in [0.15, 0.2) is 0 Å². The Balaban J connectivity index is 1.86. The number of rotatable bonds is 3. The molecule has 2 heterocycles. The second-order valence-corrected chi connectivity index (χ2v) is 5.92. The van der Waals surface area contributed by atoms with Crippen LogP contribution in [0.5, 0.6) is 0 Å². The summed E-state index contributed by atoms with van der Waals surface area (Å²) in [6, 6.07) is 8.54. The second kappa shape index (κ2) is 6.80. The van der Waals surface area contributed by atoms with Crippen LogP contribution in [0, 0.1) is 0 Å². The Morgan fingerprint density at radius 3 is 2.88 bits per heavy atom. The molecule has 1 aromatic carbocycles.